The van der Waals surface area contributed by atoms with E-state index in [9.17, 15) is 0 Å². The van der Waals surface area contributed by atoms with Gasteiger partial charge in [0.1, 0.15) is 0 Å². The van der Waals surface area contributed by atoms with Crippen molar-refractivity contribution in [2.75, 3.05) is 0 Å². The van der Waals surface area contributed by atoms with Crippen LogP contribution in [0.5, 0.6) is 0 Å². The predicted octanol–water partition coefficient (Wildman–Crippen LogP) is 15.8. The van der Waals surface area contributed by atoms with Crippen LogP contribution in [0.15, 0.2) is 243 Å². The molecule has 0 amide bonds. The zero-order chi connectivity index (χ0) is 45.4. The van der Waals surface area contributed by atoms with Gasteiger partial charge in [-0.05, 0) is 70.8 Å². The first-order valence-corrected chi connectivity index (χ1v) is 23.4. The molecule has 14 rings (SSSR count). The van der Waals surface area contributed by atoms with Crippen LogP contribution in [0.3, 0.4) is 0 Å². The van der Waals surface area contributed by atoms with Crippen molar-refractivity contribution in [3.63, 3.8) is 0 Å². The largest absolute Gasteiger partial charge is 0.307 e. The lowest BCUT2D eigenvalue weighted by Crippen LogP contribution is -2.07. The molecule has 0 bridgehead atoms. The molecule has 0 saturated carbocycles. The van der Waals surface area contributed by atoms with Crippen LogP contribution < -0.4 is 0 Å². The SMILES string of the molecule is c1ccc(-c2ccc(-c3nc(-c4cccc(-c5ccccc5)c4)nc(-n4c5ccccc5c5cc(-n6c7ccccc7c7ccccc76)c6c(c7ccccc7n6-c6ccccc6)c54)n3)cc2)cc1. The second-order valence-electron chi connectivity index (χ2n) is 17.6. The van der Waals surface area contributed by atoms with Gasteiger partial charge in [-0.2, -0.15) is 9.97 Å². The molecular formula is C63H40N6. The number of fused-ring (bicyclic) bond motifs is 10. The van der Waals surface area contributed by atoms with Gasteiger partial charge < -0.3 is 9.13 Å². The standard InChI is InChI=1S/C63H40N6/c1-4-19-41(20-5-1)43-35-37-44(38-36-43)61-64-62(46-24-18-23-45(39-46)42-21-6-2-7-22-42)66-63(65-61)69-55-33-16-12-29-50(55)52-40-57(68-53-31-14-10-27-48(53)49-28-11-15-32-54(49)68)60-58(59(52)69)51-30-13-17-34-56(51)67(60)47-25-8-3-9-26-47/h1-40H. The summed E-state index contributed by atoms with van der Waals surface area (Å²) in [4.78, 5) is 16.3. The van der Waals surface area contributed by atoms with E-state index in [0.717, 1.165) is 99.4 Å². The van der Waals surface area contributed by atoms with E-state index in [-0.39, 0.29) is 0 Å². The summed E-state index contributed by atoms with van der Waals surface area (Å²) >= 11 is 0. The molecule has 6 nitrogen and oxygen atoms in total. The summed E-state index contributed by atoms with van der Waals surface area (Å²) in [6, 6.07) is 86.2. The Morgan fingerprint density at radius 1 is 0.261 bits per heavy atom. The third-order valence-corrected chi connectivity index (χ3v) is 13.7. The third-order valence-electron chi connectivity index (χ3n) is 13.7. The van der Waals surface area contributed by atoms with Crippen molar-refractivity contribution >= 4 is 65.4 Å². The molecule has 0 spiro atoms. The van der Waals surface area contributed by atoms with Gasteiger partial charge in [0.15, 0.2) is 11.6 Å². The van der Waals surface area contributed by atoms with Crippen LogP contribution >= 0.6 is 0 Å². The molecule has 14 aromatic rings. The normalized spacial score (nSPS) is 11.8. The molecule has 0 unspecified atom stereocenters. The van der Waals surface area contributed by atoms with E-state index in [1.165, 1.54) is 10.8 Å². The van der Waals surface area contributed by atoms with Gasteiger partial charge in [0.2, 0.25) is 5.95 Å². The molecule has 69 heavy (non-hydrogen) atoms. The number of benzene rings is 10. The topological polar surface area (TPSA) is 53.5 Å². The Bertz CT molecular complexity index is 4230. The Morgan fingerprint density at radius 2 is 0.696 bits per heavy atom. The summed E-state index contributed by atoms with van der Waals surface area (Å²) in [6.07, 6.45) is 0. The van der Waals surface area contributed by atoms with Crippen molar-refractivity contribution in [3.8, 4) is 62.4 Å². The first-order chi connectivity index (χ1) is 34.2. The molecule has 0 saturated heterocycles. The first kappa shape index (κ1) is 38.8. The zero-order valence-electron chi connectivity index (χ0n) is 37.3. The third kappa shape index (κ3) is 6.16. The summed E-state index contributed by atoms with van der Waals surface area (Å²) in [5.41, 5.74) is 15.0. The van der Waals surface area contributed by atoms with Crippen LogP contribution in [0.1, 0.15) is 0 Å². The van der Waals surface area contributed by atoms with Crippen LogP contribution in [0.4, 0.5) is 0 Å². The highest BCUT2D eigenvalue weighted by atomic mass is 15.2. The second kappa shape index (κ2) is 15.6. The molecule has 0 atom stereocenters. The van der Waals surface area contributed by atoms with Crippen LogP contribution in [0, 0.1) is 0 Å². The summed E-state index contributed by atoms with van der Waals surface area (Å²) in [5.74, 6) is 1.73. The maximum absolute atomic E-state index is 5.51. The van der Waals surface area contributed by atoms with Gasteiger partial charge in [-0.15, -0.1) is 0 Å². The van der Waals surface area contributed by atoms with Gasteiger partial charge >= 0.3 is 0 Å². The van der Waals surface area contributed by atoms with Gasteiger partial charge in [-0.25, -0.2) is 4.98 Å². The maximum Gasteiger partial charge on any atom is 0.238 e. The monoisotopic (exact) mass is 880 g/mol. The highest BCUT2D eigenvalue weighted by molar-refractivity contribution is 6.28. The van der Waals surface area contributed by atoms with Crippen molar-refractivity contribution in [2.24, 2.45) is 0 Å². The highest BCUT2D eigenvalue weighted by Crippen LogP contribution is 2.46. The molecule has 0 fully saturated rings. The molecule has 0 radical (unpaired) electrons. The fourth-order valence-electron chi connectivity index (χ4n) is 10.6. The van der Waals surface area contributed by atoms with Crippen molar-refractivity contribution in [2.45, 2.75) is 0 Å². The summed E-state index contributed by atoms with van der Waals surface area (Å²) in [6.45, 7) is 0. The average Bonchev–Trinajstić information content (AvgIpc) is 4.07. The van der Waals surface area contributed by atoms with Gasteiger partial charge in [-0.3, -0.25) is 4.57 Å². The number of nitrogens with zero attached hydrogens (tertiary/aromatic N) is 6. The second-order valence-corrected chi connectivity index (χ2v) is 17.6. The predicted molar refractivity (Wildman–Crippen MR) is 285 cm³/mol. The lowest BCUT2D eigenvalue weighted by Gasteiger charge is -2.16. The van der Waals surface area contributed by atoms with E-state index >= 15 is 0 Å². The lowest BCUT2D eigenvalue weighted by molar-refractivity contribution is 0.955. The molecule has 0 aliphatic rings. The Kier molecular flexibility index (Phi) is 8.79. The minimum absolute atomic E-state index is 0.543. The first-order valence-electron chi connectivity index (χ1n) is 23.4. The molecule has 0 aliphatic heterocycles. The van der Waals surface area contributed by atoms with Gasteiger partial charge in [-0.1, -0.05) is 194 Å². The van der Waals surface area contributed by atoms with E-state index in [1.807, 2.05) is 12.1 Å². The number of hydrogen-bond acceptors (Lipinski definition) is 3. The number of para-hydroxylation sites is 5. The molecule has 4 aromatic heterocycles. The minimum atomic E-state index is 0.543. The summed E-state index contributed by atoms with van der Waals surface area (Å²) < 4.78 is 7.20. The molecular weight excluding hydrogens is 841 g/mol. The molecule has 322 valence electrons. The number of hydrogen-bond donors (Lipinski definition) is 0. The maximum atomic E-state index is 5.51. The van der Waals surface area contributed by atoms with E-state index in [4.69, 9.17) is 15.0 Å². The lowest BCUT2D eigenvalue weighted by atomic mass is 10.0. The van der Waals surface area contributed by atoms with Crippen LogP contribution in [0.25, 0.3) is 128 Å². The molecule has 10 aromatic carbocycles. The van der Waals surface area contributed by atoms with Crippen molar-refractivity contribution in [3.05, 3.63) is 243 Å². The summed E-state index contributed by atoms with van der Waals surface area (Å²) in [5, 5.41) is 6.88. The smallest absolute Gasteiger partial charge is 0.238 e. The summed E-state index contributed by atoms with van der Waals surface area (Å²) in [7, 11) is 0. The van der Waals surface area contributed by atoms with E-state index in [1.54, 1.807) is 0 Å². The molecule has 4 heterocycles. The minimum Gasteiger partial charge on any atom is -0.307 e. The Labute approximate surface area is 397 Å². The van der Waals surface area contributed by atoms with Crippen LogP contribution in [-0.2, 0) is 0 Å². The highest BCUT2D eigenvalue weighted by Gasteiger charge is 2.27. The van der Waals surface area contributed by atoms with E-state index in [0.29, 0.717) is 17.6 Å². The average molecular weight is 881 g/mol. The van der Waals surface area contributed by atoms with Gasteiger partial charge in [0, 0.05) is 49.1 Å². The molecule has 6 heteroatoms. The zero-order valence-corrected chi connectivity index (χ0v) is 37.3. The van der Waals surface area contributed by atoms with Crippen molar-refractivity contribution in [1.82, 2.24) is 28.7 Å². The van der Waals surface area contributed by atoms with Gasteiger partial charge in [0.25, 0.3) is 0 Å². The van der Waals surface area contributed by atoms with Crippen molar-refractivity contribution in [1.29, 1.82) is 0 Å². The van der Waals surface area contributed by atoms with Crippen LogP contribution in [-0.4, -0.2) is 28.7 Å². The quantitative estimate of drug-likeness (QED) is 0.160. The van der Waals surface area contributed by atoms with Gasteiger partial charge in [0.05, 0.1) is 38.8 Å². The Hall–Kier alpha value is -9.39. The molecule has 0 N–H and O–H groups in total. The Morgan fingerprint density at radius 3 is 1.32 bits per heavy atom. The molecule has 0 aliphatic carbocycles. The van der Waals surface area contributed by atoms with E-state index < -0.39 is 0 Å². The van der Waals surface area contributed by atoms with Crippen molar-refractivity contribution < 1.29 is 0 Å². The Balaban J connectivity index is 1.12. The number of rotatable bonds is 7. The number of aromatic nitrogens is 6. The van der Waals surface area contributed by atoms with E-state index in [2.05, 4.69) is 244 Å². The van der Waals surface area contributed by atoms with Crippen LogP contribution in [0.2, 0.25) is 0 Å². The fraction of sp³-hybridized carbons (Fsp3) is 0. The fourth-order valence-corrected chi connectivity index (χ4v) is 10.6.